The Balaban J connectivity index is 2.69. The number of aromatic nitrogens is 1. The summed E-state index contributed by atoms with van der Waals surface area (Å²) in [6.45, 7) is 0. The molecule has 0 saturated carbocycles. The van der Waals surface area contributed by atoms with Gasteiger partial charge in [-0.1, -0.05) is 18.2 Å². The van der Waals surface area contributed by atoms with E-state index >= 15 is 0 Å². The third kappa shape index (κ3) is 1.36. The van der Waals surface area contributed by atoms with E-state index in [1.54, 1.807) is 7.11 Å². The van der Waals surface area contributed by atoms with Crippen LogP contribution >= 0.6 is 0 Å². The molecule has 1 aromatic carbocycles. The highest BCUT2D eigenvalue weighted by molar-refractivity contribution is 5.83. The van der Waals surface area contributed by atoms with Gasteiger partial charge in [-0.2, -0.15) is 0 Å². The molecule has 1 aromatic heterocycles. The first-order chi connectivity index (χ1) is 6.85. The number of pyridine rings is 1. The number of nitrogen functional groups attached to an aromatic ring is 1. The molecule has 14 heavy (non-hydrogen) atoms. The number of nitrogens with one attached hydrogen (secondary N) is 1. The van der Waals surface area contributed by atoms with Crippen molar-refractivity contribution in [1.82, 2.24) is 4.98 Å². The van der Waals surface area contributed by atoms with Crippen LogP contribution in [0.2, 0.25) is 0 Å². The number of hydrogen-bond acceptors (Lipinski definition) is 4. The number of rotatable bonds is 2. The van der Waals surface area contributed by atoms with E-state index in [0.29, 0.717) is 11.6 Å². The molecule has 4 heteroatoms. The van der Waals surface area contributed by atoms with Crippen LogP contribution in [-0.2, 0) is 0 Å². The first-order valence-corrected chi connectivity index (χ1v) is 4.25. The quantitative estimate of drug-likeness (QED) is 0.555. The van der Waals surface area contributed by atoms with Crippen LogP contribution in [0.1, 0.15) is 0 Å². The largest absolute Gasteiger partial charge is 0.479 e. The highest BCUT2D eigenvalue weighted by atomic mass is 16.5. The minimum Gasteiger partial charge on any atom is -0.479 e. The molecule has 0 radical (unpaired) electrons. The summed E-state index contributed by atoms with van der Waals surface area (Å²) in [4.78, 5) is 4.30. The van der Waals surface area contributed by atoms with Gasteiger partial charge in [-0.05, 0) is 12.1 Å². The van der Waals surface area contributed by atoms with Gasteiger partial charge in [0.2, 0.25) is 5.88 Å². The van der Waals surface area contributed by atoms with Crippen molar-refractivity contribution >= 4 is 16.6 Å². The van der Waals surface area contributed by atoms with Crippen LogP contribution < -0.4 is 16.0 Å². The van der Waals surface area contributed by atoms with E-state index in [0.717, 1.165) is 10.9 Å². The zero-order valence-corrected chi connectivity index (χ0v) is 7.82. The van der Waals surface area contributed by atoms with Gasteiger partial charge in [-0.25, -0.2) is 4.98 Å². The normalized spacial score (nSPS) is 10.1. The average molecular weight is 189 g/mol. The minimum atomic E-state index is 0.506. The summed E-state index contributed by atoms with van der Waals surface area (Å²) in [6.07, 6.45) is 0. The molecule has 2 aromatic rings. The standard InChI is InChI=1S/C10H11N3O/c1-14-10-9(13-11)6-7-4-2-3-5-8(7)12-10/h2-6,13H,11H2,1H3. The molecule has 0 aliphatic rings. The maximum atomic E-state index is 5.35. The van der Waals surface area contributed by atoms with Gasteiger partial charge in [0.15, 0.2) is 0 Å². The van der Waals surface area contributed by atoms with E-state index in [2.05, 4.69) is 10.4 Å². The second kappa shape index (κ2) is 3.51. The summed E-state index contributed by atoms with van der Waals surface area (Å²) in [5.41, 5.74) is 4.13. The fourth-order valence-electron chi connectivity index (χ4n) is 1.36. The van der Waals surface area contributed by atoms with Gasteiger partial charge in [0, 0.05) is 5.39 Å². The van der Waals surface area contributed by atoms with E-state index in [1.165, 1.54) is 0 Å². The molecule has 72 valence electrons. The van der Waals surface area contributed by atoms with E-state index in [-0.39, 0.29) is 0 Å². The van der Waals surface area contributed by atoms with Crippen molar-refractivity contribution in [1.29, 1.82) is 0 Å². The van der Waals surface area contributed by atoms with Crippen molar-refractivity contribution in [3.8, 4) is 5.88 Å². The number of nitrogens with zero attached hydrogens (tertiary/aromatic N) is 1. The topological polar surface area (TPSA) is 60.2 Å². The number of benzene rings is 1. The Labute approximate surface area is 81.7 Å². The number of para-hydroxylation sites is 1. The average Bonchev–Trinajstić information content (AvgIpc) is 2.27. The molecule has 0 bridgehead atoms. The Kier molecular flexibility index (Phi) is 2.20. The van der Waals surface area contributed by atoms with Crippen LogP contribution in [0.3, 0.4) is 0 Å². The number of hydrazine groups is 1. The molecule has 0 spiro atoms. The molecule has 0 unspecified atom stereocenters. The molecule has 1 heterocycles. The van der Waals surface area contributed by atoms with E-state index in [1.807, 2.05) is 30.3 Å². The summed E-state index contributed by atoms with van der Waals surface area (Å²) in [5, 5.41) is 1.03. The summed E-state index contributed by atoms with van der Waals surface area (Å²) in [5.74, 6) is 5.85. The molecule has 2 rings (SSSR count). The van der Waals surface area contributed by atoms with Crippen LogP contribution in [0.15, 0.2) is 30.3 Å². The van der Waals surface area contributed by atoms with Gasteiger partial charge in [-0.3, -0.25) is 5.84 Å². The van der Waals surface area contributed by atoms with Crippen LogP contribution in [0.4, 0.5) is 5.69 Å². The third-order valence-electron chi connectivity index (χ3n) is 2.04. The Morgan fingerprint density at radius 3 is 2.86 bits per heavy atom. The summed E-state index contributed by atoms with van der Waals surface area (Å²) < 4.78 is 5.09. The summed E-state index contributed by atoms with van der Waals surface area (Å²) in [6, 6.07) is 9.70. The fourth-order valence-corrected chi connectivity index (χ4v) is 1.36. The zero-order valence-electron chi connectivity index (χ0n) is 7.82. The molecule has 0 fully saturated rings. The van der Waals surface area contributed by atoms with Crippen LogP contribution in [-0.4, -0.2) is 12.1 Å². The molecule has 4 nitrogen and oxygen atoms in total. The molecule has 0 aliphatic carbocycles. The lowest BCUT2D eigenvalue weighted by Gasteiger charge is -2.07. The highest BCUT2D eigenvalue weighted by Crippen LogP contribution is 2.25. The number of fused-ring (bicyclic) bond motifs is 1. The monoisotopic (exact) mass is 189 g/mol. The van der Waals surface area contributed by atoms with Gasteiger partial charge >= 0.3 is 0 Å². The lowest BCUT2D eigenvalue weighted by atomic mass is 10.2. The maximum Gasteiger partial charge on any atom is 0.239 e. The molecule has 0 aliphatic heterocycles. The van der Waals surface area contributed by atoms with Crippen LogP contribution in [0.25, 0.3) is 10.9 Å². The number of methoxy groups -OCH3 is 1. The number of ether oxygens (including phenoxy) is 1. The predicted molar refractivity (Wildman–Crippen MR) is 56.1 cm³/mol. The van der Waals surface area contributed by atoms with Crippen molar-refractivity contribution in [2.24, 2.45) is 5.84 Å². The highest BCUT2D eigenvalue weighted by Gasteiger charge is 2.04. The Bertz CT molecular complexity index is 414. The Morgan fingerprint density at radius 1 is 1.36 bits per heavy atom. The van der Waals surface area contributed by atoms with Crippen molar-refractivity contribution in [2.45, 2.75) is 0 Å². The Hall–Kier alpha value is -1.81. The molecule has 0 saturated heterocycles. The molecule has 0 amide bonds. The summed E-state index contributed by atoms with van der Waals surface area (Å²) >= 11 is 0. The number of hydrogen-bond donors (Lipinski definition) is 2. The van der Waals surface area contributed by atoms with Crippen molar-refractivity contribution < 1.29 is 4.74 Å². The van der Waals surface area contributed by atoms with Gasteiger partial charge in [0.05, 0.1) is 12.6 Å². The minimum absolute atomic E-state index is 0.506. The zero-order chi connectivity index (χ0) is 9.97. The molecular weight excluding hydrogens is 178 g/mol. The van der Waals surface area contributed by atoms with Gasteiger partial charge < -0.3 is 10.2 Å². The molecule has 0 atom stereocenters. The van der Waals surface area contributed by atoms with Crippen LogP contribution in [0, 0.1) is 0 Å². The summed E-state index contributed by atoms with van der Waals surface area (Å²) in [7, 11) is 1.57. The van der Waals surface area contributed by atoms with E-state index in [9.17, 15) is 0 Å². The van der Waals surface area contributed by atoms with Gasteiger partial charge in [0.25, 0.3) is 0 Å². The van der Waals surface area contributed by atoms with E-state index < -0.39 is 0 Å². The smallest absolute Gasteiger partial charge is 0.239 e. The fraction of sp³-hybridized carbons (Fsp3) is 0.100. The van der Waals surface area contributed by atoms with Crippen molar-refractivity contribution in [3.63, 3.8) is 0 Å². The third-order valence-corrected chi connectivity index (χ3v) is 2.04. The van der Waals surface area contributed by atoms with Gasteiger partial charge in [0.1, 0.15) is 5.69 Å². The number of nitrogens with two attached hydrogens (primary N) is 1. The Morgan fingerprint density at radius 2 is 2.14 bits per heavy atom. The van der Waals surface area contributed by atoms with Crippen molar-refractivity contribution in [3.05, 3.63) is 30.3 Å². The molecule has 3 N–H and O–H groups in total. The SMILES string of the molecule is COc1nc2ccccc2cc1NN. The molecular formula is C10H11N3O. The van der Waals surface area contributed by atoms with Crippen molar-refractivity contribution in [2.75, 3.05) is 12.5 Å². The predicted octanol–water partition coefficient (Wildman–Crippen LogP) is 1.53. The second-order valence-electron chi connectivity index (χ2n) is 2.88. The lowest BCUT2D eigenvalue weighted by molar-refractivity contribution is 0.401. The maximum absolute atomic E-state index is 5.35. The lowest BCUT2D eigenvalue weighted by Crippen LogP contribution is -2.08. The van der Waals surface area contributed by atoms with E-state index in [4.69, 9.17) is 10.6 Å². The first-order valence-electron chi connectivity index (χ1n) is 4.25. The first kappa shape index (κ1) is 8.77. The van der Waals surface area contributed by atoms with Crippen LogP contribution in [0.5, 0.6) is 5.88 Å². The second-order valence-corrected chi connectivity index (χ2v) is 2.88. The van der Waals surface area contributed by atoms with Gasteiger partial charge in [-0.15, -0.1) is 0 Å². The number of anilines is 1.